The quantitative estimate of drug-likeness (QED) is 0.292. The number of nitrogens with one attached hydrogen (secondary N) is 2. The third-order valence-electron chi connectivity index (χ3n) is 4.37. The molecule has 0 aromatic carbocycles. The third kappa shape index (κ3) is 6.03. The number of thioether (sulfide) groups is 1. The Morgan fingerprint density at radius 3 is 2.57 bits per heavy atom. The minimum absolute atomic E-state index is 0.0668. The number of hydrogen-bond donors (Lipinski definition) is 3. The molecule has 2 aromatic heterocycles. The first-order chi connectivity index (χ1) is 14.4. The zero-order valence-electron chi connectivity index (χ0n) is 15.8. The topological polar surface area (TPSA) is 128 Å². The molecule has 0 saturated carbocycles. The van der Waals surface area contributed by atoms with Crippen molar-refractivity contribution in [1.82, 2.24) is 24.5 Å². The number of pyridine rings is 2. The molecule has 1 aliphatic heterocycles. The minimum Gasteiger partial charge on any atom is -0.354 e. The van der Waals surface area contributed by atoms with E-state index in [0.29, 0.717) is 29.0 Å². The molecule has 13 heteroatoms. The summed E-state index contributed by atoms with van der Waals surface area (Å²) >= 11 is 7.05. The Balaban J connectivity index is 1.60. The summed E-state index contributed by atoms with van der Waals surface area (Å²) in [5, 5.41) is 10.2. The Labute approximate surface area is 183 Å². The Hall–Kier alpha value is -1.96. The summed E-state index contributed by atoms with van der Waals surface area (Å²) in [5.74, 6) is -0.0585. The van der Waals surface area contributed by atoms with E-state index in [9.17, 15) is 13.2 Å². The molecule has 1 atom stereocenters. The summed E-state index contributed by atoms with van der Waals surface area (Å²) in [5.41, 5.74) is 1.51. The maximum absolute atomic E-state index is 12.8. The molecule has 0 radical (unpaired) electrons. The number of carbonyl (C=O) groups is 1. The van der Waals surface area contributed by atoms with E-state index < -0.39 is 22.2 Å². The second-order valence-corrected chi connectivity index (χ2v) is 9.53. The zero-order valence-corrected chi connectivity index (χ0v) is 18.2. The van der Waals surface area contributed by atoms with Gasteiger partial charge in [0.2, 0.25) is 0 Å². The van der Waals surface area contributed by atoms with Crippen molar-refractivity contribution in [3.05, 3.63) is 47.7 Å². The summed E-state index contributed by atoms with van der Waals surface area (Å²) in [6, 6.07) is 7.63. The van der Waals surface area contributed by atoms with Crippen molar-refractivity contribution in [3.63, 3.8) is 0 Å². The monoisotopic (exact) mass is 472 g/mol. The lowest BCUT2D eigenvalue weighted by Crippen LogP contribution is -2.56. The molecule has 3 rings (SSSR count). The molecule has 1 saturated heterocycles. The van der Waals surface area contributed by atoms with Gasteiger partial charge in [-0.2, -0.15) is 17.4 Å². The van der Waals surface area contributed by atoms with Gasteiger partial charge in [-0.1, -0.05) is 17.7 Å². The average Bonchev–Trinajstić information content (AvgIpc) is 2.77. The standard InChI is InChI=1S/C17H21ClN6O4S2/c18-13-4-5-15(20-11-13)23-7-9-24(10-8-23)30(27,28)22-14(17(25)21-26)12-29-16-3-1-2-6-19-16/h1-6,11,14,22,26H,7-10,12H2,(H,21,25)/t14-/m0/s1. The van der Waals surface area contributed by atoms with Crippen LogP contribution in [0.1, 0.15) is 0 Å². The molecule has 1 fully saturated rings. The van der Waals surface area contributed by atoms with Gasteiger partial charge < -0.3 is 4.90 Å². The second-order valence-electron chi connectivity index (χ2n) is 6.35. The fraction of sp³-hybridized carbons (Fsp3) is 0.353. The zero-order chi connectivity index (χ0) is 21.6. The van der Waals surface area contributed by atoms with Crippen LogP contribution >= 0.6 is 23.4 Å². The van der Waals surface area contributed by atoms with Crippen molar-refractivity contribution in [2.45, 2.75) is 11.1 Å². The van der Waals surface area contributed by atoms with E-state index in [-0.39, 0.29) is 18.8 Å². The van der Waals surface area contributed by atoms with Gasteiger partial charge in [-0.15, -0.1) is 11.8 Å². The first-order valence-electron chi connectivity index (χ1n) is 9.01. The number of aromatic nitrogens is 2. The number of rotatable bonds is 8. The summed E-state index contributed by atoms with van der Waals surface area (Å²) in [4.78, 5) is 22.3. The number of halogens is 1. The van der Waals surface area contributed by atoms with Crippen molar-refractivity contribution < 1.29 is 18.4 Å². The van der Waals surface area contributed by atoms with Crippen molar-refractivity contribution in [3.8, 4) is 0 Å². The number of hydroxylamine groups is 1. The average molecular weight is 473 g/mol. The lowest BCUT2D eigenvalue weighted by atomic mass is 10.3. The van der Waals surface area contributed by atoms with Crippen LogP contribution in [-0.4, -0.2) is 71.8 Å². The van der Waals surface area contributed by atoms with E-state index in [1.165, 1.54) is 21.5 Å². The number of amides is 1. The number of hydrogen-bond acceptors (Lipinski definition) is 8. The molecule has 0 spiro atoms. The Kier molecular flexibility index (Phi) is 7.86. The Bertz CT molecular complexity index is 940. The summed E-state index contributed by atoms with van der Waals surface area (Å²) in [7, 11) is -3.94. The molecule has 3 heterocycles. The maximum atomic E-state index is 12.8. The molecule has 1 aliphatic rings. The van der Waals surface area contributed by atoms with Crippen LogP contribution in [-0.2, 0) is 15.0 Å². The Morgan fingerprint density at radius 1 is 1.20 bits per heavy atom. The molecule has 0 aliphatic carbocycles. The normalized spacial score (nSPS) is 16.3. The maximum Gasteiger partial charge on any atom is 0.280 e. The largest absolute Gasteiger partial charge is 0.354 e. The van der Waals surface area contributed by atoms with Gasteiger partial charge in [0.15, 0.2) is 0 Å². The lowest BCUT2D eigenvalue weighted by Gasteiger charge is -2.35. The van der Waals surface area contributed by atoms with Gasteiger partial charge in [0.05, 0.1) is 10.0 Å². The van der Waals surface area contributed by atoms with E-state index in [1.807, 2.05) is 4.90 Å². The highest BCUT2D eigenvalue weighted by Gasteiger charge is 2.32. The van der Waals surface area contributed by atoms with E-state index in [2.05, 4.69) is 14.7 Å². The highest BCUT2D eigenvalue weighted by molar-refractivity contribution is 7.99. The smallest absolute Gasteiger partial charge is 0.280 e. The van der Waals surface area contributed by atoms with Gasteiger partial charge in [-0.3, -0.25) is 10.0 Å². The van der Waals surface area contributed by atoms with Crippen LogP contribution in [0, 0.1) is 0 Å². The number of piperazine rings is 1. The van der Waals surface area contributed by atoms with E-state index in [1.54, 1.807) is 42.7 Å². The Morgan fingerprint density at radius 2 is 1.97 bits per heavy atom. The van der Waals surface area contributed by atoms with Gasteiger partial charge in [-0.05, 0) is 24.3 Å². The van der Waals surface area contributed by atoms with Gasteiger partial charge in [0.25, 0.3) is 16.1 Å². The molecule has 3 N–H and O–H groups in total. The second kappa shape index (κ2) is 10.4. The predicted octanol–water partition coefficient (Wildman–Crippen LogP) is 0.753. The number of anilines is 1. The first-order valence-corrected chi connectivity index (χ1v) is 11.8. The SMILES string of the molecule is O=C(NO)[C@H](CSc1ccccn1)NS(=O)(=O)N1CCN(c2ccc(Cl)cn2)CC1. The molecule has 30 heavy (non-hydrogen) atoms. The van der Waals surface area contributed by atoms with Crippen LogP contribution in [0.3, 0.4) is 0 Å². The summed E-state index contributed by atoms with van der Waals surface area (Å²) in [6.07, 6.45) is 3.14. The van der Waals surface area contributed by atoms with Gasteiger partial charge in [0, 0.05) is 44.3 Å². The van der Waals surface area contributed by atoms with Crippen molar-refractivity contribution >= 4 is 45.3 Å². The van der Waals surface area contributed by atoms with Crippen LogP contribution in [0.25, 0.3) is 0 Å². The molecule has 162 valence electrons. The fourth-order valence-electron chi connectivity index (χ4n) is 2.81. The number of carbonyl (C=O) groups excluding carboxylic acids is 1. The van der Waals surface area contributed by atoms with E-state index in [0.717, 1.165) is 0 Å². The van der Waals surface area contributed by atoms with Crippen LogP contribution in [0.4, 0.5) is 5.82 Å². The molecule has 0 unspecified atom stereocenters. The minimum atomic E-state index is -3.94. The molecular weight excluding hydrogens is 452 g/mol. The molecular formula is C17H21ClN6O4S2. The highest BCUT2D eigenvalue weighted by Crippen LogP contribution is 2.18. The van der Waals surface area contributed by atoms with Crippen LogP contribution < -0.4 is 15.1 Å². The first kappa shape index (κ1) is 22.7. The molecule has 0 bridgehead atoms. The number of nitrogens with zero attached hydrogens (tertiary/aromatic N) is 4. The predicted molar refractivity (Wildman–Crippen MR) is 114 cm³/mol. The van der Waals surface area contributed by atoms with Crippen LogP contribution in [0.5, 0.6) is 0 Å². The van der Waals surface area contributed by atoms with Gasteiger partial charge in [0.1, 0.15) is 11.9 Å². The van der Waals surface area contributed by atoms with Crippen molar-refractivity contribution in [2.24, 2.45) is 0 Å². The van der Waals surface area contributed by atoms with Crippen LogP contribution in [0.15, 0.2) is 47.8 Å². The van der Waals surface area contributed by atoms with Gasteiger partial charge in [-0.25, -0.2) is 15.4 Å². The summed E-state index contributed by atoms with van der Waals surface area (Å²) < 4.78 is 29.2. The molecule has 1 amide bonds. The van der Waals surface area contributed by atoms with E-state index in [4.69, 9.17) is 16.8 Å². The molecule has 10 nitrogen and oxygen atoms in total. The highest BCUT2D eigenvalue weighted by atomic mass is 35.5. The van der Waals surface area contributed by atoms with Crippen molar-refractivity contribution in [1.29, 1.82) is 0 Å². The lowest BCUT2D eigenvalue weighted by molar-refractivity contribution is -0.130. The van der Waals surface area contributed by atoms with Gasteiger partial charge >= 0.3 is 0 Å². The fourth-order valence-corrected chi connectivity index (χ4v) is 5.25. The van der Waals surface area contributed by atoms with Crippen LogP contribution in [0.2, 0.25) is 5.02 Å². The van der Waals surface area contributed by atoms with E-state index >= 15 is 0 Å². The van der Waals surface area contributed by atoms with Crippen molar-refractivity contribution in [2.75, 3.05) is 36.8 Å². The molecule has 2 aromatic rings. The third-order valence-corrected chi connectivity index (χ3v) is 7.26. The summed E-state index contributed by atoms with van der Waals surface area (Å²) in [6.45, 7) is 1.32.